The zero-order valence-electron chi connectivity index (χ0n) is 16.9. The summed E-state index contributed by atoms with van der Waals surface area (Å²) >= 11 is 0. The molecule has 3 aromatic heterocycles. The molecular formula is C22H17F3N6O. The molecule has 3 heterocycles. The molecule has 32 heavy (non-hydrogen) atoms. The molecule has 7 nitrogen and oxygen atoms in total. The van der Waals surface area contributed by atoms with Gasteiger partial charge in [0.15, 0.2) is 0 Å². The number of halogens is 3. The number of nitrogens with one attached hydrogen (secondary N) is 1. The molecule has 0 aliphatic heterocycles. The van der Waals surface area contributed by atoms with Crippen molar-refractivity contribution in [2.24, 2.45) is 0 Å². The molecule has 0 fully saturated rings. The Morgan fingerprint density at radius 2 is 1.78 bits per heavy atom. The van der Waals surface area contributed by atoms with Crippen LogP contribution in [-0.4, -0.2) is 29.8 Å². The smallest absolute Gasteiger partial charge is 0.330 e. The van der Waals surface area contributed by atoms with Crippen molar-refractivity contribution >= 4 is 21.8 Å². The number of para-hydroxylation sites is 1. The Bertz CT molecular complexity index is 1490. The highest BCUT2D eigenvalue weighted by atomic mass is 19.4. The zero-order valence-corrected chi connectivity index (χ0v) is 16.9. The van der Waals surface area contributed by atoms with Gasteiger partial charge in [0.25, 0.3) is 5.56 Å². The van der Waals surface area contributed by atoms with Crippen LogP contribution in [0.15, 0.2) is 59.5 Å². The standard InChI is InChI=1S/C22H17F3N6O/c1-13-19-17-4-2-3-5-18(17)31(20(19)21(32)28-26-13)12-16-11-30(29-27-16)10-14-6-8-15(9-7-14)22(23,24)25/h2-9,11H,10,12H2,1H3,(H,28,32). The molecule has 0 unspecified atom stereocenters. The van der Waals surface area contributed by atoms with Crippen molar-refractivity contribution in [3.8, 4) is 0 Å². The second-order valence-electron chi connectivity index (χ2n) is 7.57. The number of aromatic amines is 1. The van der Waals surface area contributed by atoms with Gasteiger partial charge in [0.2, 0.25) is 0 Å². The summed E-state index contributed by atoms with van der Waals surface area (Å²) in [6.07, 6.45) is -2.65. The molecular weight excluding hydrogens is 421 g/mol. The van der Waals surface area contributed by atoms with Crippen molar-refractivity contribution in [2.75, 3.05) is 0 Å². The molecule has 5 aromatic rings. The van der Waals surface area contributed by atoms with Crippen LogP contribution in [0.4, 0.5) is 13.2 Å². The van der Waals surface area contributed by atoms with E-state index in [9.17, 15) is 18.0 Å². The molecule has 0 bridgehead atoms. The van der Waals surface area contributed by atoms with Crippen LogP contribution in [0, 0.1) is 6.92 Å². The molecule has 1 N–H and O–H groups in total. The van der Waals surface area contributed by atoms with E-state index in [0.29, 0.717) is 23.3 Å². The van der Waals surface area contributed by atoms with Gasteiger partial charge < -0.3 is 4.57 Å². The van der Waals surface area contributed by atoms with Crippen LogP contribution < -0.4 is 5.56 Å². The van der Waals surface area contributed by atoms with Crippen molar-refractivity contribution in [2.45, 2.75) is 26.2 Å². The van der Waals surface area contributed by atoms with Gasteiger partial charge in [-0.2, -0.15) is 18.3 Å². The minimum absolute atomic E-state index is 0.280. The third-order valence-electron chi connectivity index (χ3n) is 5.40. The molecule has 0 atom stereocenters. The molecule has 0 radical (unpaired) electrons. The Morgan fingerprint density at radius 3 is 2.53 bits per heavy atom. The molecule has 0 aliphatic rings. The average Bonchev–Trinajstić information content (AvgIpc) is 3.34. The van der Waals surface area contributed by atoms with Crippen LogP contribution >= 0.6 is 0 Å². The Morgan fingerprint density at radius 1 is 1.03 bits per heavy atom. The highest BCUT2D eigenvalue weighted by molar-refractivity contribution is 6.08. The largest absolute Gasteiger partial charge is 0.416 e. The first-order chi connectivity index (χ1) is 15.3. The summed E-state index contributed by atoms with van der Waals surface area (Å²) in [7, 11) is 0. The third kappa shape index (κ3) is 3.43. The summed E-state index contributed by atoms with van der Waals surface area (Å²) in [4.78, 5) is 12.6. The maximum absolute atomic E-state index is 12.7. The molecule has 5 rings (SSSR count). The fraction of sp³-hybridized carbons (Fsp3) is 0.182. The maximum atomic E-state index is 12.7. The van der Waals surface area contributed by atoms with Crippen molar-refractivity contribution in [1.29, 1.82) is 0 Å². The second kappa shape index (κ2) is 7.33. The lowest BCUT2D eigenvalue weighted by molar-refractivity contribution is -0.137. The highest BCUT2D eigenvalue weighted by Gasteiger charge is 2.29. The molecule has 2 aromatic carbocycles. The number of H-pyrrole nitrogens is 1. The summed E-state index contributed by atoms with van der Waals surface area (Å²) in [6.45, 7) is 2.43. The van der Waals surface area contributed by atoms with E-state index < -0.39 is 11.7 Å². The van der Waals surface area contributed by atoms with Crippen molar-refractivity contribution in [1.82, 2.24) is 29.8 Å². The van der Waals surface area contributed by atoms with Crippen LogP contribution in [-0.2, 0) is 19.3 Å². The fourth-order valence-corrected chi connectivity index (χ4v) is 3.95. The first-order valence-corrected chi connectivity index (χ1v) is 9.82. The molecule has 0 saturated heterocycles. The number of nitrogens with zero attached hydrogens (tertiary/aromatic N) is 5. The Balaban J connectivity index is 1.47. The number of benzene rings is 2. The number of alkyl halides is 3. The zero-order chi connectivity index (χ0) is 22.5. The van der Waals surface area contributed by atoms with Gasteiger partial charge in [-0.05, 0) is 30.7 Å². The number of hydrogen-bond donors (Lipinski definition) is 1. The number of hydrogen-bond acceptors (Lipinski definition) is 4. The third-order valence-corrected chi connectivity index (χ3v) is 5.40. The summed E-state index contributed by atoms with van der Waals surface area (Å²) < 4.78 is 41.7. The molecule has 0 aliphatic carbocycles. The van der Waals surface area contributed by atoms with E-state index in [4.69, 9.17) is 0 Å². The summed E-state index contributed by atoms with van der Waals surface area (Å²) in [5, 5.41) is 16.6. The van der Waals surface area contributed by atoms with E-state index in [2.05, 4.69) is 20.5 Å². The van der Waals surface area contributed by atoms with Crippen LogP contribution in [0.3, 0.4) is 0 Å². The van der Waals surface area contributed by atoms with Gasteiger partial charge in [-0.25, -0.2) is 9.78 Å². The number of fused-ring (bicyclic) bond motifs is 3. The predicted octanol–water partition coefficient (Wildman–Crippen LogP) is 3.89. The predicted molar refractivity (Wildman–Crippen MR) is 112 cm³/mol. The van der Waals surface area contributed by atoms with E-state index in [-0.39, 0.29) is 12.1 Å². The fourth-order valence-electron chi connectivity index (χ4n) is 3.95. The highest BCUT2D eigenvalue weighted by Crippen LogP contribution is 2.30. The van der Waals surface area contributed by atoms with Gasteiger partial charge >= 0.3 is 6.18 Å². The van der Waals surface area contributed by atoms with E-state index in [1.54, 1.807) is 10.9 Å². The minimum atomic E-state index is -4.37. The van der Waals surface area contributed by atoms with E-state index >= 15 is 0 Å². The van der Waals surface area contributed by atoms with Gasteiger partial charge in [-0.3, -0.25) is 4.79 Å². The lowest BCUT2D eigenvalue weighted by Gasteiger charge is -2.07. The van der Waals surface area contributed by atoms with E-state index in [1.807, 2.05) is 35.8 Å². The van der Waals surface area contributed by atoms with Gasteiger partial charge in [0.1, 0.15) is 11.2 Å². The molecule has 0 amide bonds. The van der Waals surface area contributed by atoms with Gasteiger partial charge in [-0.15, -0.1) is 5.10 Å². The summed E-state index contributed by atoms with van der Waals surface area (Å²) in [5.74, 6) is 0. The van der Waals surface area contributed by atoms with E-state index in [1.165, 1.54) is 12.1 Å². The monoisotopic (exact) mass is 438 g/mol. The summed E-state index contributed by atoms with van der Waals surface area (Å²) in [6, 6.07) is 12.6. The average molecular weight is 438 g/mol. The Hall–Kier alpha value is -3.95. The first-order valence-electron chi connectivity index (χ1n) is 9.82. The summed E-state index contributed by atoms with van der Waals surface area (Å²) in [5.41, 5.74) is 2.41. The van der Waals surface area contributed by atoms with Crippen molar-refractivity contribution < 1.29 is 13.2 Å². The van der Waals surface area contributed by atoms with Crippen LogP contribution in [0.25, 0.3) is 21.8 Å². The van der Waals surface area contributed by atoms with E-state index in [0.717, 1.165) is 34.1 Å². The van der Waals surface area contributed by atoms with Gasteiger partial charge in [0, 0.05) is 16.3 Å². The lowest BCUT2D eigenvalue weighted by atomic mass is 10.1. The minimum Gasteiger partial charge on any atom is -0.330 e. The SMILES string of the molecule is Cc1n[nH]c(=O)c2c1c1ccccc1n2Cc1cn(Cc2ccc(C(F)(F)F)cc2)nn1. The van der Waals surface area contributed by atoms with Gasteiger partial charge in [-0.1, -0.05) is 35.5 Å². The Labute approximate surface area is 179 Å². The van der Waals surface area contributed by atoms with Crippen molar-refractivity contribution in [3.05, 3.63) is 87.6 Å². The van der Waals surface area contributed by atoms with Crippen LogP contribution in [0.5, 0.6) is 0 Å². The van der Waals surface area contributed by atoms with Crippen LogP contribution in [0.2, 0.25) is 0 Å². The van der Waals surface area contributed by atoms with Gasteiger partial charge in [0.05, 0.1) is 30.5 Å². The quantitative estimate of drug-likeness (QED) is 0.462. The second-order valence-corrected chi connectivity index (χ2v) is 7.57. The number of aryl methyl sites for hydroxylation is 1. The number of aromatic nitrogens is 6. The normalized spacial score (nSPS) is 12.1. The number of rotatable bonds is 4. The molecule has 0 saturated carbocycles. The van der Waals surface area contributed by atoms with Crippen molar-refractivity contribution in [3.63, 3.8) is 0 Å². The van der Waals surface area contributed by atoms with Crippen LogP contribution in [0.1, 0.15) is 22.5 Å². The first kappa shape index (κ1) is 20.0. The molecule has 0 spiro atoms. The molecule has 162 valence electrons. The Kier molecular flexibility index (Phi) is 4.58. The maximum Gasteiger partial charge on any atom is 0.416 e. The topological polar surface area (TPSA) is 81.4 Å². The lowest BCUT2D eigenvalue weighted by Crippen LogP contribution is -2.14. The molecule has 10 heteroatoms.